The van der Waals surface area contributed by atoms with E-state index in [1.807, 2.05) is 0 Å². The summed E-state index contributed by atoms with van der Waals surface area (Å²) in [5.41, 5.74) is 0. The molecule has 1 fully saturated rings. The average molecular weight is 724 g/mol. The van der Waals surface area contributed by atoms with Crippen molar-refractivity contribution in [2.24, 2.45) is 0 Å². The van der Waals surface area contributed by atoms with Gasteiger partial charge in [-0.3, -0.25) is 9.35 Å². The van der Waals surface area contributed by atoms with Crippen molar-refractivity contribution in [3.05, 3.63) is 24.3 Å². The predicted molar refractivity (Wildman–Crippen MR) is 187 cm³/mol. The van der Waals surface area contributed by atoms with Gasteiger partial charge >= 0.3 is 10.4 Å². The number of aliphatic hydroxyl groups excluding tert-OH is 5. The van der Waals surface area contributed by atoms with Gasteiger partial charge in [0.25, 0.3) is 0 Å². The molecule has 1 aliphatic rings. The van der Waals surface area contributed by atoms with Gasteiger partial charge in [0.2, 0.25) is 5.91 Å². The van der Waals surface area contributed by atoms with Gasteiger partial charge < -0.3 is 40.3 Å². The first-order valence-electron chi connectivity index (χ1n) is 18.3. The highest BCUT2D eigenvalue weighted by Gasteiger charge is 2.48. The molecule has 0 spiro atoms. The maximum atomic E-state index is 12.9. The SMILES string of the molecule is CCCC/C=C/CC/C=C/C(O)C(COC1OC(CO)C(O)C(OS(=O)(=O)O)C1O)NC(=O)C(O)CCCCCCCCCCCCCC. The summed E-state index contributed by atoms with van der Waals surface area (Å²) < 4.78 is 47.1. The van der Waals surface area contributed by atoms with E-state index < -0.39 is 78.5 Å². The van der Waals surface area contributed by atoms with Crippen molar-refractivity contribution in [1.82, 2.24) is 5.32 Å². The number of hydrogen-bond donors (Lipinski definition) is 7. The summed E-state index contributed by atoms with van der Waals surface area (Å²) in [4.78, 5) is 12.9. The highest BCUT2D eigenvalue weighted by atomic mass is 32.3. The normalized spacial score (nSPS) is 23.6. The van der Waals surface area contributed by atoms with E-state index in [0.717, 1.165) is 44.9 Å². The van der Waals surface area contributed by atoms with Gasteiger partial charge in [-0.15, -0.1) is 0 Å². The molecule has 0 aromatic rings. The van der Waals surface area contributed by atoms with Crippen LogP contribution in [0.2, 0.25) is 0 Å². The Kier molecular flexibility index (Phi) is 25.3. The van der Waals surface area contributed by atoms with Crippen LogP contribution in [-0.2, 0) is 28.9 Å². The molecule has 0 aromatic heterocycles. The fourth-order valence-electron chi connectivity index (χ4n) is 5.58. The van der Waals surface area contributed by atoms with Gasteiger partial charge in [-0.2, -0.15) is 8.42 Å². The molecular weight excluding hydrogens is 658 g/mol. The van der Waals surface area contributed by atoms with Gasteiger partial charge in [-0.25, -0.2) is 4.18 Å². The molecule has 14 heteroatoms. The second-order valence-corrected chi connectivity index (χ2v) is 14.0. The summed E-state index contributed by atoms with van der Waals surface area (Å²) in [6.45, 7) is 3.06. The second kappa shape index (κ2) is 27.2. The van der Waals surface area contributed by atoms with E-state index in [4.69, 9.17) is 14.0 Å². The zero-order valence-corrected chi connectivity index (χ0v) is 30.4. The molecular formula is C35H65NO12S. The molecule has 8 unspecified atom stereocenters. The van der Waals surface area contributed by atoms with Crippen molar-refractivity contribution in [3.8, 4) is 0 Å². The van der Waals surface area contributed by atoms with Crippen LogP contribution in [-0.4, -0.2) is 107 Å². The minimum absolute atomic E-state index is 0.238. The van der Waals surface area contributed by atoms with Gasteiger partial charge in [0.15, 0.2) is 6.29 Å². The van der Waals surface area contributed by atoms with Crippen molar-refractivity contribution in [2.75, 3.05) is 13.2 Å². The third kappa shape index (κ3) is 20.9. The molecule has 1 heterocycles. The Bertz CT molecular complexity index is 1010. The molecule has 49 heavy (non-hydrogen) atoms. The van der Waals surface area contributed by atoms with Crippen molar-refractivity contribution in [2.45, 2.75) is 178 Å². The molecule has 0 aliphatic carbocycles. The minimum atomic E-state index is -5.11. The lowest BCUT2D eigenvalue weighted by Gasteiger charge is -2.41. The zero-order valence-electron chi connectivity index (χ0n) is 29.6. The number of rotatable bonds is 29. The summed E-state index contributed by atoms with van der Waals surface area (Å²) in [5.74, 6) is -0.718. The van der Waals surface area contributed by atoms with Crippen LogP contribution in [0.1, 0.15) is 129 Å². The Morgan fingerprint density at radius 1 is 0.816 bits per heavy atom. The third-order valence-electron chi connectivity index (χ3n) is 8.59. The lowest BCUT2D eigenvalue weighted by Crippen LogP contribution is -2.61. The first kappa shape index (κ1) is 45.6. The van der Waals surface area contributed by atoms with E-state index in [-0.39, 0.29) is 6.42 Å². The van der Waals surface area contributed by atoms with E-state index in [9.17, 15) is 38.7 Å². The molecule has 1 amide bonds. The van der Waals surface area contributed by atoms with E-state index in [1.54, 1.807) is 6.08 Å². The van der Waals surface area contributed by atoms with Crippen LogP contribution >= 0.6 is 0 Å². The summed E-state index contributed by atoms with van der Waals surface area (Å²) >= 11 is 0. The molecule has 1 saturated heterocycles. The average Bonchev–Trinajstić information content (AvgIpc) is 3.06. The zero-order chi connectivity index (χ0) is 36.5. The Labute approximate surface area is 294 Å². The second-order valence-electron chi connectivity index (χ2n) is 12.9. The fourth-order valence-corrected chi connectivity index (χ4v) is 6.09. The molecule has 13 nitrogen and oxygen atoms in total. The molecule has 0 radical (unpaired) electrons. The van der Waals surface area contributed by atoms with Gasteiger partial charge in [0, 0.05) is 0 Å². The maximum Gasteiger partial charge on any atom is 0.397 e. The number of allylic oxidation sites excluding steroid dienone is 3. The van der Waals surface area contributed by atoms with Gasteiger partial charge in [0.1, 0.15) is 30.5 Å². The summed E-state index contributed by atoms with van der Waals surface area (Å²) in [6, 6.07) is -1.13. The van der Waals surface area contributed by atoms with Gasteiger partial charge in [0.05, 0.1) is 25.4 Å². The molecule has 7 N–H and O–H groups in total. The molecule has 0 aromatic carbocycles. The van der Waals surface area contributed by atoms with E-state index in [0.29, 0.717) is 12.8 Å². The monoisotopic (exact) mass is 723 g/mol. The van der Waals surface area contributed by atoms with Crippen LogP contribution in [0.5, 0.6) is 0 Å². The lowest BCUT2D eigenvalue weighted by molar-refractivity contribution is -0.298. The number of hydrogen-bond acceptors (Lipinski definition) is 11. The molecule has 0 bridgehead atoms. The van der Waals surface area contributed by atoms with Crippen molar-refractivity contribution in [3.63, 3.8) is 0 Å². The Morgan fingerprint density at radius 2 is 1.37 bits per heavy atom. The molecule has 1 aliphatic heterocycles. The fraction of sp³-hybridized carbons (Fsp3) is 0.857. The number of ether oxygens (including phenoxy) is 2. The summed E-state index contributed by atoms with van der Waals surface area (Å²) in [7, 11) is -5.11. The van der Waals surface area contributed by atoms with Crippen LogP contribution in [0.4, 0.5) is 0 Å². The van der Waals surface area contributed by atoms with Crippen molar-refractivity contribution < 1.29 is 57.0 Å². The topological polar surface area (TPSA) is 212 Å². The van der Waals surface area contributed by atoms with Crippen LogP contribution in [0, 0.1) is 0 Å². The van der Waals surface area contributed by atoms with E-state index in [1.165, 1.54) is 57.4 Å². The maximum absolute atomic E-state index is 12.9. The lowest BCUT2D eigenvalue weighted by atomic mass is 9.99. The van der Waals surface area contributed by atoms with Crippen LogP contribution in [0.15, 0.2) is 24.3 Å². The predicted octanol–water partition coefficient (Wildman–Crippen LogP) is 4.01. The van der Waals surface area contributed by atoms with Crippen LogP contribution in [0.3, 0.4) is 0 Å². The van der Waals surface area contributed by atoms with Gasteiger partial charge in [-0.05, 0) is 25.7 Å². The number of amides is 1. The van der Waals surface area contributed by atoms with Crippen LogP contribution in [0.25, 0.3) is 0 Å². The highest BCUT2D eigenvalue weighted by molar-refractivity contribution is 7.80. The van der Waals surface area contributed by atoms with Crippen molar-refractivity contribution >= 4 is 16.3 Å². The first-order chi connectivity index (χ1) is 23.4. The number of carbonyl (C=O) groups is 1. The number of unbranched alkanes of at least 4 members (excludes halogenated alkanes) is 14. The Morgan fingerprint density at radius 3 is 1.94 bits per heavy atom. The minimum Gasteiger partial charge on any atom is -0.394 e. The number of aliphatic hydroxyl groups is 5. The Balaban J connectivity index is 2.73. The molecule has 1 rings (SSSR count). The quantitative estimate of drug-likeness (QED) is 0.0332. The highest BCUT2D eigenvalue weighted by Crippen LogP contribution is 2.26. The molecule has 288 valence electrons. The third-order valence-corrected chi connectivity index (χ3v) is 9.06. The first-order valence-corrected chi connectivity index (χ1v) is 19.7. The molecule has 0 saturated carbocycles. The standard InChI is InChI=1S/C35H65NO12S/c1-3-5-7-9-11-13-14-15-16-18-20-22-24-29(39)34(42)36-27(28(38)23-21-19-17-12-10-8-6-4-2)26-46-35-32(41)33(48-49(43,44)45)31(40)30(25-37)47-35/h10,12,21,23,27-33,35,37-41H,3-9,11,13-20,22,24-26H2,1-2H3,(H,36,42)(H,43,44,45)/b12-10+,23-21+. The Hall–Kier alpha value is -1.46. The number of nitrogens with one attached hydrogen (secondary N) is 1. The van der Waals surface area contributed by atoms with E-state index in [2.05, 4.69) is 35.5 Å². The largest absolute Gasteiger partial charge is 0.397 e. The van der Waals surface area contributed by atoms with E-state index >= 15 is 0 Å². The summed E-state index contributed by atoms with van der Waals surface area (Å²) in [5, 5.41) is 54.6. The number of carbonyl (C=O) groups excluding carboxylic acids is 1. The smallest absolute Gasteiger partial charge is 0.394 e. The van der Waals surface area contributed by atoms with Crippen molar-refractivity contribution in [1.29, 1.82) is 0 Å². The van der Waals surface area contributed by atoms with Crippen LogP contribution < -0.4 is 5.32 Å². The van der Waals surface area contributed by atoms with Gasteiger partial charge in [-0.1, -0.05) is 128 Å². The summed E-state index contributed by atoms with van der Waals surface area (Å²) in [6.07, 6.45) is 14.6. The molecule has 8 atom stereocenters.